The monoisotopic (exact) mass is 696 g/mol. The van der Waals surface area contributed by atoms with E-state index in [4.69, 9.17) is 14.5 Å². The van der Waals surface area contributed by atoms with Crippen LogP contribution in [0.15, 0.2) is 67.3 Å². The molecule has 3 heterocycles. The number of fused-ring (bicyclic) bond motifs is 1. The van der Waals surface area contributed by atoms with Crippen molar-refractivity contribution in [3.05, 3.63) is 67.3 Å². The van der Waals surface area contributed by atoms with Gasteiger partial charge in [0.1, 0.15) is 29.2 Å². The molecule has 11 heteroatoms. The Morgan fingerprint density at radius 1 is 1.08 bits per heavy atom. The van der Waals surface area contributed by atoms with E-state index in [-0.39, 0.29) is 37.6 Å². The second-order valence-corrected chi connectivity index (χ2v) is 15.1. The van der Waals surface area contributed by atoms with Crippen LogP contribution < -0.4 is 14.8 Å². The number of methoxy groups -OCH3 is 1. The maximum Gasteiger partial charge on any atom is 0.330 e. The smallest absolute Gasteiger partial charge is 0.330 e. The van der Waals surface area contributed by atoms with Crippen molar-refractivity contribution in [2.75, 3.05) is 26.7 Å². The van der Waals surface area contributed by atoms with Gasteiger partial charge in [-0.2, -0.15) is 0 Å². The molecule has 2 aliphatic heterocycles. The fourth-order valence-corrected chi connectivity index (χ4v) is 7.44. The molecule has 3 aromatic rings. The Bertz CT molecular complexity index is 1820. The molecule has 2 saturated heterocycles. The fraction of sp³-hybridized carbons (Fsp3) is 0.475. The Hall–Kier alpha value is -4.93. The van der Waals surface area contributed by atoms with Gasteiger partial charge in [0.2, 0.25) is 17.7 Å². The number of nitrogens with one attached hydrogen (secondary N) is 1. The molecule has 3 fully saturated rings. The predicted octanol–water partition coefficient (Wildman–Crippen LogP) is 5.47. The molecule has 3 amide bonds. The number of hydrogen-bond donors (Lipinski definition) is 2. The van der Waals surface area contributed by atoms with Crippen LogP contribution in [-0.2, 0) is 19.2 Å². The molecule has 270 valence electrons. The fourth-order valence-electron chi connectivity index (χ4n) is 7.44. The van der Waals surface area contributed by atoms with Crippen LogP contribution in [0.1, 0.15) is 59.3 Å². The van der Waals surface area contributed by atoms with Gasteiger partial charge in [-0.1, -0.05) is 57.2 Å². The molecule has 1 aliphatic carbocycles. The lowest BCUT2D eigenvalue weighted by Crippen LogP contribution is -2.54. The number of amides is 3. The van der Waals surface area contributed by atoms with Crippen LogP contribution in [0.2, 0.25) is 0 Å². The molecule has 0 bridgehead atoms. The molecule has 2 unspecified atom stereocenters. The Labute approximate surface area is 299 Å². The average molecular weight is 697 g/mol. The maximum atomic E-state index is 14.6. The average Bonchev–Trinajstić information content (AvgIpc) is 3.69. The van der Waals surface area contributed by atoms with Gasteiger partial charge in [0, 0.05) is 54.9 Å². The molecular formula is C40H48N4O7. The van der Waals surface area contributed by atoms with E-state index in [1.54, 1.807) is 7.11 Å². The van der Waals surface area contributed by atoms with Crippen LogP contribution in [0.25, 0.3) is 22.2 Å². The van der Waals surface area contributed by atoms with E-state index in [9.17, 15) is 24.3 Å². The maximum absolute atomic E-state index is 14.6. The molecule has 0 spiro atoms. The summed E-state index contributed by atoms with van der Waals surface area (Å²) >= 11 is 0. The van der Waals surface area contributed by atoms with Crippen molar-refractivity contribution in [2.24, 2.45) is 17.3 Å². The first-order chi connectivity index (χ1) is 24.3. The molecule has 3 aliphatic rings. The van der Waals surface area contributed by atoms with Gasteiger partial charge >= 0.3 is 5.97 Å². The van der Waals surface area contributed by atoms with Crippen LogP contribution >= 0.6 is 0 Å². The summed E-state index contributed by atoms with van der Waals surface area (Å²) in [6, 6.07) is 16.1. The summed E-state index contributed by atoms with van der Waals surface area (Å²) in [5.41, 5.74) is 0.162. The topological polar surface area (TPSA) is 138 Å². The van der Waals surface area contributed by atoms with E-state index in [1.807, 2.05) is 80.3 Å². The zero-order valence-electron chi connectivity index (χ0n) is 29.9. The van der Waals surface area contributed by atoms with E-state index in [2.05, 4.69) is 11.9 Å². The van der Waals surface area contributed by atoms with Gasteiger partial charge in [-0.15, -0.1) is 6.58 Å². The number of nitrogens with zero attached hydrogens (tertiary/aromatic N) is 3. The highest BCUT2D eigenvalue weighted by Gasteiger charge is 2.61. The van der Waals surface area contributed by atoms with Crippen LogP contribution in [0.4, 0.5) is 0 Å². The van der Waals surface area contributed by atoms with Crippen molar-refractivity contribution in [1.29, 1.82) is 0 Å². The highest BCUT2D eigenvalue weighted by Crippen LogP contribution is 2.45. The lowest BCUT2D eigenvalue weighted by atomic mass is 9.77. The molecule has 0 radical (unpaired) electrons. The van der Waals surface area contributed by atoms with Crippen molar-refractivity contribution in [3.63, 3.8) is 0 Å². The van der Waals surface area contributed by atoms with Crippen molar-refractivity contribution < 1.29 is 33.8 Å². The lowest BCUT2D eigenvalue weighted by Gasteiger charge is -2.36. The van der Waals surface area contributed by atoms with Gasteiger partial charge in [-0.05, 0) is 43.2 Å². The van der Waals surface area contributed by atoms with Gasteiger partial charge in [-0.3, -0.25) is 14.4 Å². The number of benzene rings is 2. The quantitative estimate of drug-likeness (QED) is 0.252. The second kappa shape index (κ2) is 14.4. The summed E-state index contributed by atoms with van der Waals surface area (Å²) in [7, 11) is 1.59. The molecule has 51 heavy (non-hydrogen) atoms. The number of carboxylic acid groups (broad SMARTS) is 1. The van der Waals surface area contributed by atoms with E-state index in [1.165, 1.54) is 11.0 Å². The number of carboxylic acids is 1. The predicted molar refractivity (Wildman–Crippen MR) is 193 cm³/mol. The Kier molecular flexibility index (Phi) is 10.1. The standard InChI is InChI=1S/C40H48N4O7/c1-6-26-23-40(26,38(48)49)42-36(46)33-20-28(24-44(33)37(47)30(39(2,3)4)21-35(45)43-17-11-8-12-18-43)51-34-22-31(25-13-9-7-10-14-25)41-32-19-27(50-5)15-16-29(32)34/h6-7,9-10,13-16,19,22,26,28,30,33H,1,8,11-12,17-18,20-21,23-24H2,2-5H3,(H,42,46)(H,48,49)/t26?,28-,30-,33+,40?/m1/s1. The number of rotatable bonds is 11. The van der Waals surface area contributed by atoms with E-state index in [0.29, 0.717) is 35.8 Å². The third-order valence-corrected chi connectivity index (χ3v) is 10.6. The van der Waals surface area contributed by atoms with Crippen molar-refractivity contribution in [1.82, 2.24) is 20.1 Å². The third-order valence-electron chi connectivity index (χ3n) is 10.6. The van der Waals surface area contributed by atoms with E-state index < -0.39 is 46.8 Å². The first kappa shape index (κ1) is 35.9. The van der Waals surface area contributed by atoms with Crippen molar-refractivity contribution in [3.8, 4) is 22.8 Å². The van der Waals surface area contributed by atoms with Gasteiger partial charge < -0.3 is 29.7 Å². The number of aliphatic carboxylic acids is 1. The number of likely N-dealkylation sites (tertiary alicyclic amines) is 2. The van der Waals surface area contributed by atoms with Crippen LogP contribution in [0.5, 0.6) is 11.5 Å². The normalized spacial score (nSPS) is 23.7. The molecule has 5 atom stereocenters. The van der Waals surface area contributed by atoms with Crippen LogP contribution in [-0.4, -0.2) is 88.0 Å². The number of ether oxygens (including phenoxy) is 2. The van der Waals surface area contributed by atoms with Gasteiger partial charge in [0.25, 0.3) is 0 Å². The molecule has 2 aromatic carbocycles. The van der Waals surface area contributed by atoms with Gasteiger partial charge in [-0.25, -0.2) is 9.78 Å². The first-order valence-corrected chi connectivity index (χ1v) is 17.8. The Morgan fingerprint density at radius 3 is 2.43 bits per heavy atom. The summed E-state index contributed by atoms with van der Waals surface area (Å²) in [6.07, 6.45) is 4.25. The summed E-state index contributed by atoms with van der Waals surface area (Å²) in [4.78, 5) is 62.8. The number of pyridine rings is 1. The minimum absolute atomic E-state index is 0.0214. The summed E-state index contributed by atoms with van der Waals surface area (Å²) in [5, 5.41) is 13.6. The van der Waals surface area contributed by atoms with Crippen LogP contribution in [0, 0.1) is 17.3 Å². The second-order valence-electron chi connectivity index (χ2n) is 15.1. The van der Waals surface area contributed by atoms with Crippen molar-refractivity contribution >= 4 is 34.6 Å². The third kappa shape index (κ3) is 7.43. The van der Waals surface area contributed by atoms with Gasteiger partial charge in [0.15, 0.2) is 0 Å². The SMILES string of the molecule is C=CC1CC1(NC(=O)[C@@H]1C[C@@H](Oc2cc(-c3ccccc3)nc3cc(OC)ccc23)CN1C(=O)[C@@H](CC(=O)N1CCCCC1)C(C)(C)C)C(=O)O. The Balaban J connectivity index is 1.33. The molecule has 1 aromatic heterocycles. The molecule has 2 N–H and O–H groups in total. The van der Waals surface area contributed by atoms with Gasteiger partial charge in [0.05, 0.1) is 30.8 Å². The van der Waals surface area contributed by atoms with E-state index >= 15 is 0 Å². The minimum Gasteiger partial charge on any atom is -0.497 e. The summed E-state index contributed by atoms with van der Waals surface area (Å²) in [6.45, 7) is 11.0. The number of piperidine rings is 1. The Morgan fingerprint density at radius 2 is 1.80 bits per heavy atom. The molecule has 1 saturated carbocycles. The number of carbonyl (C=O) groups excluding carboxylic acids is 3. The zero-order valence-corrected chi connectivity index (χ0v) is 29.9. The number of aromatic nitrogens is 1. The minimum atomic E-state index is -1.47. The molecule has 6 rings (SSSR count). The van der Waals surface area contributed by atoms with Crippen LogP contribution in [0.3, 0.4) is 0 Å². The highest BCUT2D eigenvalue weighted by molar-refractivity contribution is 5.96. The molecular weight excluding hydrogens is 648 g/mol. The van der Waals surface area contributed by atoms with Crippen molar-refractivity contribution in [2.45, 2.75) is 77.0 Å². The number of carbonyl (C=O) groups is 4. The van der Waals surface area contributed by atoms with E-state index in [0.717, 1.165) is 30.2 Å². The highest BCUT2D eigenvalue weighted by atomic mass is 16.5. The summed E-state index contributed by atoms with van der Waals surface area (Å²) < 4.78 is 12.2. The number of hydrogen-bond acceptors (Lipinski definition) is 7. The largest absolute Gasteiger partial charge is 0.497 e. The molecule has 11 nitrogen and oxygen atoms in total. The first-order valence-electron chi connectivity index (χ1n) is 17.8. The summed E-state index contributed by atoms with van der Waals surface area (Å²) in [5.74, 6) is -2.07. The lowest BCUT2D eigenvalue weighted by molar-refractivity contribution is -0.149. The zero-order chi connectivity index (χ0) is 36.5.